The summed E-state index contributed by atoms with van der Waals surface area (Å²) in [6, 6.07) is 13.5. The molecule has 3 rings (SSSR count). The minimum Gasteiger partial charge on any atom is -0.493 e. The third-order valence-electron chi connectivity index (χ3n) is 4.12. The highest BCUT2D eigenvalue weighted by molar-refractivity contribution is 8.18. The fraction of sp³-hybridized carbons (Fsp3) is 0.182. The number of hydrogen-bond acceptors (Lipinski definition) is 5. The minimum absolute atomic E-state index is 0.0306. The molecule has 0 N–H and O–H groups in total. The van der Waals surface area contributed by atoms with E-state index in [2.05, 4.69) is 5.92 Å². The molecule has 0 unspecified atom stereocenters. The minimum atomic E-state index is -0.383. The molecule has 28 heavy (non-hydrogen) atoms. The number of ether oxygens (including phenoxy) is 2. The lowest BCUT2D eigenvalue weighted by Crippen LogP contribution is -2.28. The number of methoxy groups -OCH3 is 1. The number of hydrogen-bond donors (Lipinski definition) is 0. The maximum atomic E-state index is 12.3. The van der Waals surface area contributed by atoms with Gasteiger partial charge >= 0.3 is 0 Å². The molecule has 0 aromatic heterocycles. The van der Waals surface area contributed by atoms with Gasteiger partial charge in [-0.15, -0.1) is 6.42 Å². The van der Waals surface area contributed by atoms with Crippen LogP contribution in [0.3, 0.4) is 0 Å². The summed E-state index contributed by atoms with van der Waals surface area (Å²) < 4.78 is 11.3. The summed E-state index contributed by atoms with van der Waals surface area (Å²) in [4.78, 5) is 25.5. The number of imide groups is 1. The maximum absolute atomic E-state index is 12.3. The van der Waals surface area contributed by atoms with E-state index in [1.54, 1.807) is 25.3 Å². The zero-order valence-electron chi connectivity index (χ0n) is 15.6. The summed E-state index contributed by atoms with van der Waals surface area (Å²) in [5.41, 5.74) is 2.97. The average Bonchev–Trinajstić information content (AvgIpc) is 2.96. The van der Waals surface area contributed by atoms with Crippen LogP contribution >= 0.6 is 11.8 Å². The van der Waals surface area contributed by atoms with Gasteiger partial charge in [-0.1, -0.05) is 41.8 Å². The summed E-state index contributed by atoms with van der Waals surface area (Å²) in [6.07, 6.45) is 6.85. The number of nitrogens with zero attached hydrogens (tertiary/aromatic N) is 1. The summed E-state index contributed by atoms with van der Waals surface area (Å²) >= 11 is 0.874. The second kappa shape index (κ2) is 8.68. The zero-order valence-corrected chi connectivity index (χ0v) is 16.4. The maximum Gasteiger partial charge on any atom is 0.294 e. The Hall–Kier alpha value is -3.17. The predicted molar refractivity (Wildman–Crippen MR) is 110 cm³/mol. The number of carbonyl (C=O) groups excluding carboxylic acids is 2. The first-order valence-electron chi connectivity index (χ1n) is 8.57. The first-order chi connectivity index (χ1) is 13.5. The highest BCUT2D eigenvalue weighted by atomic mass is 32.2. The van der Waals surface area contributed by atoms with Crippen LogP contribution in [0.1, 0.15) is 16.7 Å². The van der Waals surface area contributed by atoms with Crippen LogP contribution in [0.5, 0.6) is 11.5 Å². The van der Waals surface area contributed by atoms with E-state index in [9.17, 15) is 9.59 Å². The lowest BCUT2D eigenvalue weighted by atomic mass is 10.1. The van der Waals surface area contributed by atoms with E-state index in [0.717, 1.165) is 27.8 Å². The molecule has 0 bridgehead atoms. The molecular weight excluding hydrogens is 374 g/mol. The Morgan fingerprint density at radius 3 is 2.57 bits per heavy atom. The first-order valence-corrected chi connectivity index (χ1v) is 9.38. The van der Waals surface area contributed by atoms with Gasteiger partial charge in [-0.3, -0.25) is 14.5 Å². The molecule has 6 heteroatoms. The van der Waals surface area contributed by atoms with E-state index in [4.69, 9.17) is 15.9 Å². The van der Waals surface area contributed by atoms with E-state index < -0.39 is 0 Å². The van der Waals surface area contributed by atoms with Crippen LogP contribution < -0.4 is 9.47 Å². The Bertz CT molecular complexity index is 973. The highest BCUT2D eigenvalue weighted by Gasteiger charge is 2.34. The van der Waals surface area contributed by atoms with Crippen molar-refractivity contribution in [3.05, 3.63) is 64.1 Å². The molecule has 1 aliphatic rings. The number of benzene rings is 2. The number of aryl methyl sites for hydroxylation is 1. The van der Waals surface area contributed by atoms with Gasteiger partial charge in [0.25, 0.3) is 11.1 Å². The van der Waals surface area contributed by atoms with Gasteiger partial charge in [-0.05, 0) is 48.0 Å². The van der Waals surface area contributed by atoms with Crippen molar-refractivity contribution >= 4 is 29.0 Å². The molecule has 0 spiro atoms. The van der Waals surface area contributed by atoms with E-state index in [1.165, 1.54) is 5.56 Å². The van der Waals surface area contributed by atoms with Crippen molar-refractivity contribution in [1.82, 2.24) is 4.90 Å². The molecule has 142 valence electrons. The van der Waals surface area contributed by atoms with Crippen LogP contribution in [0.15, 0.2) is 47.4 Å². The Morgan fingerprint density at radius 1 is 1.14 bits per heavy atom. The van der Waals surface area contributed by atoms with Crippen LogP contribution in [0.2, 0.25) is 0 Å². The molecule has 0 saturated carbocycles. The van der Waals surface area contributed by atoms with Gasteiger partial charge in [-0.2, -0.15) is 0 Å². The fourth-order valence-corrected chi connectivity index (χ4v) is 3.46. The lowest BCUT2D eigenvalue weighted by Gasteiger charge is -2.12. The van der Waals surface area contributed by atoms with Crippen molar-refractivity contribution in [2.75, 3.05) is 13.7 Å². The molecule has 2 aromatic carbocycles. The summed E-state index contributed by atoms with van der Waals surface area (Å²) in [7, 11) is 1.55. The van der Waals surface area contributed by atoms with Crippen molar-refractivity contribution in [2.45, 2.75) is 13.5 Å². The fourth-order valence-electron chi connectivity index (χ4n) is 2.62. The molecule has 1 saturated heterocycles. The second-order valence-electron chi connectivity index (χ2n) is 6.16. The van der Waals surface area contributed by atoms with Crippen molar-refractivity contribution in [3.8, 4) is 23.8 Å². The topological polar surface area (TPSA) is 55.8 Å². The smallest absolute Gasteiger partial charge is 0.294 e. The normalized spacial score (nSPS) is 15.0. The third kappa shape index (κ3) is 4.38. The zero-order chi connectivity index (χ0) is 20.1. The Balaban J connectivity index is 1.76. The lowest BCUT2D eigenvalue weighted by molar-refractivity contribution is -0.122. The number of terminal acetylenes is 1. The molecule has 0 aliphatic carbocycles. The summed E-state index contributed by atoms with van der Waals surface area (Å²) in [5.74, 6) is 3.08. The van der Waals surface area contributed by atoms with Crippen molar-refractivity contribution in [2.24, 2.45) is 0 Å². The first kappa shape index (κ1) is 19.6. The molecule has 1 aliphatic heterocycles. The molecule has 5 nitrogen and oxygen atoms in total. The summed E-state index contributed by atoms with van der Waals surface area (Å²) in [6.45, 7) is 2.42. The third-order valence-corrected chi connectivity index (χ3v) is 5.03. The number of carbonyl (C=O) groups is 2. The van der Waals surface area contributed by atoms with Crippen molar-refractivity contribution < 1.29 is 19.1 Å². The molecule has 0 atom stereocenters. The van der Waals surface area contributed by atoms with Gasteiger partial charge in [-0.25, -0.2) is 0 Å². The van der Waals surface area contributed by atoms with Crippen LogP contribution in [0, 0.1) is 19.3 Å². The Morgan fingerprint density at radius 2 is 1.89 bits per heavy atom. The van der Waals surface area contributed by atoms with Crippen LogP contribution in [0.25, 0.3) is 6.08 Å². The van der Waals surface area contributed by atoms with E-state index in [1.807, 2.05) is 37.3 Å². The van der Waals surface area contributed by atoms with Crippen LogP contribution in [0.4, 0.5) is 4.79 Å². The van der Waals surface area contributed by atoms with Gasteiger partial charge in [0.05, 0.1) is 18.6 Å². The van der Waals surface area contributed by atoms with Crippen LogP contribution in [-0.4, -0.2) is 29.7 Å². The SMILES string of the molecule is C#CCN1C(=O)S/C(=C\c2ccc(OCc3ccc(C)cc3)c(OC)c2)C1=O. The van der Waals surface area contributed by atoms with Gasteiger partial charge in [0.2, 0.25) is 0 Å². The number of amides is 2. The quantitative estimate of drug-likeness (QED) is 0.542. The predicted octanol–water partition coefficient (Wildman–Crippen LogP) is 4.25. The van der Waals surface area contributed by atoms with Gasteiger partial charge in [0.15, 0.2) is 11.5 Å². The van der Waals surface area contributed by atoms with Crippen molar-refractivity contribution in [3.63, 3.8) is 0 Å². The monoisotopic (exact) mass is 393 g/mol. The standard InChI is InChI=1S/C22H19NO4S/c1-4-11-23-21(24)20(28-22(23)25)13-17-9-10-18(19(12-17)26-3)27-14-16-7-5-15(2)6-8-16/h1,5-10,12-13H,11,14H2,2-3H3/b20-13-. The average molecular weight is 393 g/mol. The molecule has 1 heterocycles. The van der Waals surface area contributed by atoms with Crippen molar-refractivity contribution in [1.29, 1.82) is 0 Å². The number of thioether (sulfide) groups is 1. The highest BCUT2D eigenvalue weighted by Crippen LogP contribution is 2.34. The Kier molecular flexibility index (Phi) is 6.07. The molecular formula is C22H19NO4S. The molecule has 2 amide bonds. The van der Waals surface area contributed by atoms with Gasteiger partial charge < -0.3 is 9.47 Å². The largest absolute Gasteiger partial charge is 0.493 e. The summed E-state index contributed by atoms with van der Waals surface area (Å²) in [5, 5.41) is -0.362. The van der Waals surface area contributed by atoms with Gasteiger partial charge in [0.1, 0.15) is 6.61 Å². The van der Waals surface area contributed by atoms with Gasteiger partial charge in [0, 0.05) is 0 Å². The van der Waals surface area contributed by atoms with E-state index in [-0.39, 0.29) is 17.7 Å². The number of rotatable bonds is 6. The van der Waals surface area contributed by atoms with E-state index in [0.29, 0.717) is 23.0 Å². The molecule has 0 radical (unpaired) electrons. The molecule has 1 fully saturated rings. The van der Waals surface area contributed by atoms with E-state index >= 15 is 0 Å². The van der Waals surface area contributed by atoms with Crippen LogP contribution in [-0.2, 0) is 11.4 Å². The second-order valence-corrected chi connectivity index (χ2v) is 7.15. The molecule has 2 aromatic rings. The Labute approximate surface area is 168 Å².